The van der Waals surface area contributed by atoms with E-state index in [1.165, 1.54) is 16.2 Å². The second-order valence-electron chi connectivity index (χ2n) is 9.27. The molecule has 0 unspecified atom stereocenters. The fourth-order valence-corrected chi connectivity index (χ4v) is 6.22. The lowest BCUT2D eigenvalue weighted by Crippen LogP contribution is -2.48. The molecule has 1 saturated heterocycles. The summed E-state index contributed by atoms with van der Waals surface area (Å²) in [5, 5.41) is 4.43. The molecule has 1 fully saturated rings. The van der Waals surface area contributed by atoms with E-state index in [1.807, 2.05) is 38.1 Å². The third-order valence-corrected chi connectivity index (χ3v) is 7.73. The van der Waals surface area contributed by atoms with E-state index in [4.69, 9.17) is 16.3 Å². The number of carbonyl (C=O) groups is 2. The van der Waals surface area contributed by atoms with Crippen molar-refractivity contribution in [2.24, 2.45) is 5.92 Å². The molecule has 1 N–H and O–H groups in total. The highest BCUT2D eigenvalue weighted by Gasteiger charge is 2.30. The van der Waals surface area contributed by atoms with Gasteiger partial charge in [-0.1, -0.05) is 30.7 Å². The van der Waals surface area contributed by atoms with Gasteiger partial charge < -0.3 is 15.0 Å². The van der Waals surface area contributed by atoms with E-state index in [0.29, 0.717) is 23.0 Å². The summed E-state index contributed by atoms with van der Waals surface area (Å²) < 4.78 is 5.51. The maximum atomic E-state index is 12.9. The molecule has 178 valence electrons. The van der Waals surface area contributed by atoms with Crippen molar-refractivity contribution in [1.29, 1.82) is 0 Å². The second-order valence-corrected chi connectivity index (χ2v) is 10.8. The lowest BCUT2D eigenvalue weighted by molar-refractivity contribution is -0.117. The van der Waals surface area contributed by atoms with Gasteiger partial charge in [0.1, 0.15) is 5.00 Å². The van der Waals surface area contributed by atoms with E-state index in [2.05, 4.69) is 22.0 Å². The number of esters is 1. The Labute approximate surface area is 204 Å². The number of fused-ring (bicyclic) bond motifs is 1. The SMILES string of the molecule is CC(C)OC(=O)c1c(NC(=O)CN2CCN(c3ccccc3Cl)CC2)sc2c1CC[C@@H](C)C2. The Kier molecular flexibility index (Phi) is 7.62. The first-order valence-electron chi connectivity index (χ1n) is 11.7. The van der Waals surface area contributed by atoms with Crippen LogP contribution in [0, 0.1) is 5.92 Å². The van der Waals surface area contributed by atoms with Gasteiger partial charge in [-0.15, -0.1) is 11.3 Å². The quantitative estimate of drug-likeness (QED) is 0.587. The van der Waals surface area contributed by atoms with Crippen molar-refractivity contribution < 1.29 is 14.3 Å². The highest BCUT2D eigenvalue weighted by molar-refractivity contribution is 7.17. The van der Waals surface area contributed by atoms with Gasteiger partial charge in [-0.05, 0) is 56.7 Å². The number of rotatable bonds is 6. The number of piperazine rings is 1. The maximum absolute atomic E-state index is 12.9. The minimum absolute atomic E-state index is 0.0913. The van der Waals surface area contributed by atoms with Crippen LogP contribution in [0.4, 0.5) is 10.7 Å². The summed E-state index contributed by atoms with van der Waals surface area (Å²) in [4.78, 5) is 31.4. The van der Waals surface area contributed by atoms with Crippen LogP contribution in [-0.2, 0) is 22.4 Å². The Balaban J connectivity index is 1.40. The molecular formula is C25H32ClN3O3S. The van der Waals surface area contributed by atoms with E-state index >= 15 is 0 Å². The van der Waals surface area contributed by atoms with Gasteiger partial charge in [0.05, 0.1) is 28.9 Å². The van der Waals surface area contributed by atoms with E-state index in [1.54, 1.807) is 0 Å². The van der Waals surface area contributed by atoms with Crippen LogP contribution in [0.15, 0.2) is 24.3 Å². The van der Waals surface area contributed by atoms with Crippen molar-refractivity contribution in [2.45, 2.75) is 46.1 Å². The zero-order valence-corrected chi connectivity index (χ0v) is 21.1. The summed E-state index contributed by atoms with van der Waals surface area (Å²) in [5.41, 5.74) is 2.66. The molecule has 1 aliphatic carbocycles. The molecule has 4 rings (SSSR count). The summed E-state index contributed by atoms with van der Waals surface area (Å²) in [7, 11) is 0. The highest BCUT2D eigenvalue weighted by atomic mass is 35.5. The molecular weight excluding hydrogens is 458 g/mol. The van der Waals surface area contributed by atoms with Crippen LogP contribution in [0.2, 0.25) is 5.02 Å². The van der Waals surface area contributed by atoms with Crippen LogP contribution in [0.25, 0.3) is 0 Å². The molecule has 0 saturated carbocycles. The summed E-state index contributed by atoms with van der Waals surface area (Å²) in [6.07, 6.45) is 2.65. The first kappa shape index (κ1) is 24.0. The van der Waals surface area contributed by atoms with E-state index in [0.717, 1.165) is 61.7 Å². The van der Waals surface area contributed by atoms with Gasteiger partial charge >= 0.3 is 5.97 Å². The fourth-order valence-electron chi connectivity index (χ4n) is 4.55. The van der Waals surface area contributed by atoms with Gasteiger partial charge in [-0.3, -0.25) is 9.69 Å². The molecule has 2 heterocycles. The smallest absolute Gasteiger partial charge is 0.341 e. The number of hydrogen-bond acceptors (Lipinski definition) is 6. The number of nitrogens with one attached hydrogen (secondary N) is 1. The van der Waals surface area contributed by atoms with E-state index < -0.39 is 0 Å². The molecule has 1 aliphatic heterocycles. The van der Waals surface area contributed by atoms with E-state index in [-0.39, 0.29) is 18.0 Å². The highest BCUT2D eigenvalue weighted by Crippen LogP contribution is 2.40. The van der Waals surface area contributed by atoms with Crippen LogP contribution < -0.4 is 10.2 Å². The predicted octanol–water partition coefficient (Wildman–Crippen LogP) is 4.85. The summed E-state index contributed by atoms with van der Waals surface area (Å²) in [6.45, 7) is 9.41. The van der Waals surface area contributed by atoms with Crippen LogP contribution in [0.5, 0.6) is 0 Å². The van der Waals surface area contributed by atoms with Crippen molar-refractivity contribution in [3.63, 3.8) is 0 Å². The third kappa shape index (κ3) is 5.70. The van der Waals surface area contributed by atoms with Gasteiger partial charge in [0, 0.05) is 31.1 Å². The molecule has 0 spiro atoms. The topological polar surface area (TPSA) is 61.9 Å². The molecule has 0 radical (unpaired) electrons. The number of thiophene rings is 1. The Morgan fingerprint density at radius 2 is 1.94 bits per heavy atom. The fraction of sp³-hybridized carbons (Fsp3) is 0.520. The number of hydrogen-bond donors (Lipinski definition) is 1. The Morgan fingerprint density at radius 1 is 1.21 bits per heavy atom. The molecule has 33 heavy (non-hydrogen) atoms. The normalized spacial score (nSPS) is 18.8. The van der Waals surface area contributed by atoms with Crippen molar-refractivity contribution in [3.05, 3.63) is 45.3 Å². The zero-order chi connectivity index (χ0) is 23.5. The molecule has 1 atom stereocenters. The van der Waals surface area contributed by atoms with Gasteiger partial charge in [0.15, 0.2) is 0 Å². The lowest BCUT2D eigenvalue weighted by atomic mass is 9.88. The average Bonchev–Trinajstić information content (AvgIpc) is 3.11. The molecule has 1 aromatic heterocycles. The number of nitrogens with zero attached hydrogens (tertiary/aromatic N) is 2. The Hall–Kier alpha value is -2.09. The summed E-state index contributed by atoms with van der Waals surface area (Å²) in [6, 6.07) is 7.85. The number of halogens is 1. The van der Waals surface area contributed by atoms with Crippen LogP contribution in [0.1, 0.15) is 48.0 Å². The third-order valence-electron chi connectivity index (χ3n) is 6.24. The van der Waals surface area contributed by atoms with Gasteiger partial charge in [-0.25, -0.2) is 4.79 Å². The lowest BCUT2D eigenvalue weighted by Gasteiger charge is -2.36. The second kappa shape index (κ2) is 10.5. The molecule has 6 nitrogen and oxygen atoms in total. The van der Waals surface area contributed by atoms with Crippen molar-refractivity contribution in [3.8, 4) is 0 Å². The number of amides is 1. The van der Waals surface area contributed by atoms with Gasteiger partial charge in [0.2, 0.25) is 5.91 Å². The molecule has 1 amide bonds. The van der Waals surface area contributed by atoms with E-state index in [9.17, 15) is 9.59 Å². The van der Waals surface area contributed by atoms with Gasteiger partial charge in [-0.2, -0.15) is 0 Å². The largest absolute Gasteiger partial charge is 0.459 e. The van der Waals surface area contributed by atoms with Crippen molar-refractivity contribution in [2.75, 3.05) is 42.9 Å². The first-order chi connectivity index (χ1) is 15.8. The number of para-hydroxylation sites is 1. The zero-order valence-electron chi connectivity index (χ0n) is 19.5. The Bertz CT molecular complexity index is 1010. The molecule has 0 bridgehead atoms. The standard InChI is InChI=1S/C25H32ClN3O3S/c1-16(2)32-25(31)23-18-9-8-17(3)14-21(18)33-24(23)27-22(30)15-28-10-12-29(13-11-28)20-7-5-4-6-19(20)26/h4-7,16-17H,8-15H2,1-3H3,(H,27,30)/t17-/m1/s1. The van der Waals surface area contributed by atoms with Crippen molar-refractivity contribution in [1.82, 2.24) is 4.90 Å². The maximum Gasteiger partial charge on any atom is 0.341 e. The average molecular weight is 490 g/mol. The molecule has 1 aromatic carbocycles. The number of carbonyl (C=O) groups excluding carboxylic acids is 2. The van der Waals surface area contributed by atoms with Crippen LogP contribution >= 0.6 is 22.9 Å². The number of benzene rings is 1. The molecule has 8 heteroatoms. The number of ether oxygens (including phenoxy) is 1. The Morgan fingerprint density at radius 3 is 2.64 bits per heavy atom. The van der Waals surface area contributed by atoms with Crippen LogP contribution in [-0.4, -0.2) is 55.6 Å². The van der Waals surface area contributed by atoms with Crippen molar-refractivity contribution >= 4 is 45.5 Å². The molecule has 2 aliphatic rings. The first-order valence-corrected chi connectivity index (χ1v) is 12.9. The number of anilines is 2. The van der Waals surface area contributed by atoms with Crippen LogP contribution in [0.3, 0.4) is 0 Å². The predicted molar refractivity (Wildman–Crippen MR) is 135 cm³/mol. The summed E-state index contributed by atoms with van der Waals surface area (Å²) >= 11 is 7.87. The summed E-state index contributed by atoms with van der Waals surface area (Å²) in [5.74, 6) is 0.162. The minimum Gasteiger partial charge on any atom is -0.459 e. The monoisotopic (exact) mass is 489 g/mol. The molecule has 2 aromatic rings. The van der Waals surface area contributed by atoms with Gasteiger partial charge in [0.25, 0.3) is 0 Å². The minimum atomic E-state index is -0.333.